The lowest BCUT2D eigenvalue weighted by atomic mass is 9.85. The molecule has 0 bridgehead atoms. The van der Waals surface area contributed by atoms with E-state index < -0.39 is 5.92 Å². The van der Waals surface area contributed by atoms with E-state index in [-0.39, 0.29) is 11.1 Å². The third kappa shape index (κ3) is 4.05. The van der Waals surface area contributed by atoms with E-state index in [0.29, 0.717) is 16.9 Å². The summed E-state index contributed by atoms with van der Waals surface area (Å²) >= 11 is 3.61. The van der Waals surface area contributed by atoms with Crippen LogP contribution >= 0.6 is 15.9 Å². The highest BCUT2D eigenvalue weighted by Gasteiger charge is 2.33. The summed E-state index contributed by atoms with van der Waals surface area (Å²) in [5.74, 6) is 0.0648. The summed E-state index contributed by atoms with van der Waals surface area (Å²) in [6.07, 6.45) is 0. The highest BCUT2D eigenvalue weighted by atomic mass is 79.9. The SMILES string of the molecule is COc1ccc(C(c2c(C)n(C)n(-c3ccccc3)c2=O)c2c(C)n(C)n(-c3ccccc3)c2=O)cc1Br. The summed E-state index contributed by atoms with van der Waals surface area (Å²) < 4.78 is 13.2. The van der Waals surface area contributed by atoms with Gasteiger partial charge in [-0.15, -0.1) is 0 Å². The Kier molecular flexibility index (Phi) is 6.75. The Balaban J connectivity index is 1.85. The Hall–Kier alpha value is -4.04. The summed E-state index contributed by atoms with van der Waals surface area (Å²) in [6, 6.07) is 24.8. The average molecular weight is 573 g/mol. The van der Waals surface area contributed by atoms with Gasteiger partial charge in [0.15, 0.2) is 0 Å². The molecule has 5 rings (SSSR count). The highest BCUT2D eigenvalue weighted by molar-refractivity contribution is 9.10. The van der Waals surface area contributed by atoms with Crippen molar-refractivity contribution < 1.29 is 4.74 Å². The summed E-state index contributed by atoms with van der Waals surface area (Å²) in [7, 11) is 5.35. The lowest BCUT2D eigenvalue weighted by molar-refractivity contribution is 0.412. The monoisotopic (exact) mass is 572 g/mol. The normalized spacial score (nSPS) is 11.3. The Labute approximate surface area is 229 Å². The fourth-order valence-corrected chi connectivity index (χ4v) is 5.74. The van der Waals surface area contributed by atoms with Gasteiger partial charge in [-0.05, 0) is 71.7 Å². The lowest BCUT2D eigenvalue weighted by Gasteiger charge is -2.17. The van der Waals surface area contributed by atoms with Crippen LogP contribution in [0.5, 0.6) is 5.75 Å². The van der Waals surface area contributed by atoms with E-state index in [1.165, 1.54) is 0 Å². The Bertz CT molecular complexity index is 1640. The number of rotatable bonds is 6. The van der Waals surface area contributed by atoms with E-state index in [1.54, 1.807) is 16.5 Å². The maximum absolute atomic E-state index is 14.2. The summed E-state index contributed by atoms with van der Waals surface area (Å²) in [5, 5.41) is 0. The minimum absolute atomic E-state index is 0.165. The van der Waals surface area contributed by atoms with Crippen molar-refractivity contribution >= 4 is 15.9 Å². The van der Waals surface area contributed by atoms with Crippen LogP contribution in [0.3, 0.4) is 0 Å². The van der Waals surface area contributed by atoms with Crippen LogP contribution in [0, 0.1) is 13.8 Å². The van der Waals surface area contributed by atoms with Gasteiger partial charge in [-0.25, -0.2) is 9.36 Å². The molecular weight excluding hydrogens is 544 g/mol. The Morgan fingerprint density at radius 2 is 1.16 bits per heavy atom. The zero-order chi connectivity index (χ0) is 27.1. The molecule has 5 aromatic rings. The summed E-state index contributed by atoms with van der Waals surface area (Å²) in [6.45, 7) is 3.85. The average Bonchev–Trinajstić information content (AvgIpc) is 3.28. The number of ether oxygens (including phenoxy) is 1. The lowest BCUT2D eigenvalue weighted by Crippen LogP contribution is -2.26. The first-order valence-corrected chi connectivity index (χ1v) is 13.1. The van der Waals surface area contributed by atoms with Crippen LogP contribution in [-0.4, -0.2) is 25.8 Å². The fraction of sp³-hybridized carbons (Fsp3) is 0.200. The quantitative estimate of drug-likeness (QED) is 0.280. The number of methoxy groups -OCH3 is 1. The van der Waals surface area contributed by atoms with Crippen LogP contribution in [-0.2, 0) is 14.1 Å². The predicted molar refractivity (Wildman–Crippen MR) is 153 cm³/mol. The van der Waals surface area contributed by atoms with Crippen molar-refractivity contribution in [3.8, 4) is 17.1 Å². The van der Waals surface area contributed by atoms with Crippen molar-refractivity contribution in [3.05, 3.63) is 132 Å². The first-order valence-electron chi connectivity index (χ1n) is 12.3. The molecule has 0 N–H and O–H groups in total. The number of para-hydroxylation sites is 2. The molecule has 3 aromatic carbocycles. The molecule has 0 spiro atoms. The van der Waals surface area contributed by atoms with Crippen LogP contribution < -0.4 is 15.9 Å². The molecule has 2 heterocycles. The summed E-state index contributed by atoms with van der Waals surface area (Å²) in [5.41, 5.74) is 4.68. The van der Waals surface area contributed by atoms with Crippen molar-refractivity contribution in [2.75, 3.05) is 7.11 Å². The van der Waals surface area contributed by atoms with Gasteiger partial charge in [0.1, 0.15) is 5.75 Å². The Morgan fingerprint density at radius 1 is 0.711 bits per heavy atom. The molecule has 2 aromatic heterocycles. The maximum atomic E-state index is 14.2. The number of benzene rings is 3. The largest absolute Gasteiger partial charge is 0.496 e. The van der Waals surface area contributed by atoms with E-state index in [2.05, 4.69) is 15.9 Å². The maximum Gasteiger partial charge on any atom is 0.275 e. The van der Waals surface area contributed by atoms with Crippen LogP contribution in [0.4, 0.5) is 0 Å². The zero-order valence-electron chi connectivity index (χ0n) is 22.0. The molecular formula is C30H29BrN4O3. The van der Waals surface area contributed by atoms with E-state index in [0.717, 1.165) is 32.8 Å². The van der Waals surface area contributed by atoms with Gasteiger partial charge in [-0.1, -0.05) is 42.5 Å². The second kappa shape index (κ2) is 10.0. The van der Waals surface area contributed by atoms with Crippen LogP contribution in [0.1, 0.15) is 34.0 Å². The molecule has 7 nitrogen and oxygen atoms in total. The van der Waals surface area contributed by atoms with Gasteiger partial charge in [0.05, 0.1) is 34.1 Å². The van der Waals surface area contributed by atoms with E-state index in [4.69, 9.17) is 4.74 Å². The number of aromatic nitrogens is 4. The number of nitrogens with zero attached hydrogens (tertiary/aromatic N) is 4. The van der Waals surface area contributed by atoms with Gasteiger partial charge in [0.2, 0.25) is 0 Å². The zero-order valence-corrected chi connectivity index (χ0v) is 23.6. The molecule has 0 atom stereocenters. The standard InChI is InChI=1S/C30H29BrN4O3/c1-19-26(29(36)34(32(19)3)22-12-8-6-9-13-22)28(21-16-17-25(38-5)24(31)18-21)27-20(2)33(4)35(30(27)37)23-14-10-7-11-15-23/h6-18,28H,1-5H3. The van der Waals surface area contributed by atoms with Crippen molar-refractivity contribution in [2.24, 2.45) is 14.1 Å². The topological polar surface area (TPSA) is 63.1 Å². The van der Waals surface area contributed by atoms with Crippen molar-refractivity contribution in [1.29, 1.82) is 0 Å². The highest BCUT2D eigenvalue weighted by Crippen LogP contribution is 2.37. The van der Waals surface area contributed by atoms with Crippen molar-refractivity contribution in [2.45, 2.75) is 19.8 Å². The van der Waals surface area contributed by atoms with Crippen LogP contribution in [0.15, 0.2) is 92.9 Å². The van der Waals surface area contributed by atoms with Gasteiger partial charge >= 0.3 is 0 Å². The molecule has 0 aliphatic carbocycles. The second-order valence-corrected chi connectivity index (χ2v) is 10.1. The summed E-state index contributed by atoms with van der Waals surface area (Å²) in [4.78, 5) is 28.4. The first-order chi connectivity index (χ1) is 18.3. The van der Waals surface area contributed by atoms with Crippen LogP contribution in [0.2, 0.25) is 0 Å². The van der Waals surface area contributed by atoms with E-state index in [1.807, 2.05) is 116 Å². The number of hydrogen-bond donors (Lipinski definition) is 0. The molecule has 0 aliphatic heterocycles. The molecule has 0 fully saturated rings. The predicted octanol–water partition coefficient (Wildman–Crippen LogP) is 5.23. The molecule has 8 heteroatoms. The van der Waals surface area contributed by atoms with Gasteiger partial charge < -0.3 is 4.74 Å². The molecule has 0 saturated carbocycles. The number of hydrogen-bond acceptors (Lipinski definition) is 3. The van der Waals surface area contributed by atoms with Crippen molar-refractivity contribution in [1.82, 2.24) is 18.7 Å². The molecule has 194 valence electrons. The van der Waals surface area contributed by atoms with Gasteiger partial charge in [-0.2, -0.15) is 0 Å². The van der Waals surface area contributed by atoms with Gasteiger partial charge in [0, 0.05) is 31.4 Å². The first kappa shape index (κ1) is 25.6. The van der Waals surface area contributed by atoms with Gasteiger partial charge in [-0.3, -0.25) is 19.0 Å². The molecule has 0 amide bonds. The third-order valence-electron chi connectivity index (χ3n) is 7.28. The smallest absolute Gasteiger partial charge is 0.275 e. The van der Waals surface area contributed by atoms with E-state index >= 15 is 0 Å². The number of halogens is 1. The van der Waals surface area contributed by atoms with Crippen LogP contribution in [0.25, 0.3) is 11.4 Å². The minimum atomic E-state index is -0.607. The van der Waals surface area contributed by atoms with E-state index in [9.17, 15) is 9.59 Å². The van der Waals surface area contributed by atoms with Gasteiger partial charge in [0.25, 0.3) is 11.1 Å². The molecule has 0 aliphatic rings. The van der Waals surface area contributed by atoms with Crippen molar-refractivity contribution in [3.63, 3.8) is 0 Å². The minimum Gasteiger partial charge on any atom is -0.496 e. The third-order valence-corrected chi connectivity index (χ3v) is 7.90. The molecule has 38 heavy (non-hydrogen) atoms. The second-order valence-electron chi connectivity index (χ2n) is 9.28. The molecule has 0 radical (unpaired) electrons. The fourth-order valence-electron chi connectivity index (χ4n) is 5.18. The molecule has 0 unspecified atom stereocenters. The molecule has 0 saturated heterocycles. The Morgan fingerprint density at radius 3 is 1.55 bits per heavy atom.